The van der Waals surface area contributed by atoms with Crippen LogP contribution in [0.1, 0.15) is 15.8 Å². The highest BCUT2D eigenvalue weighted by atomic mass is 32.1. The molecule has 0 radical (unpaired) electrons. The topological polar surface area (TPSA) is 32.3 Å². The largest absolute Gasteiger partial charge is 0.354 e. The van der Waals surface area contributed by atoms with E-state index in [0.717, 1.165) is 4.88 Å². The lowest BCUT2D eigenvalue weighted by Gasteiger charge is -2.23. The first-order valence-electron chi connectivity index (χ1n) is 6.15. The minimum absolute atomic E-state index is 0.0888. The molecular weight excluding hydrogens is 276 g/mol. The van der Waals surface area contributed by atoms with E-state index in [2.05, 4.69) is 21.7 Å². The van der Waals surface area contributed by atoms with E-state index in [1.54, 1.807) is 22.7 Å². The molecule has 0 aliphatic rings. The highest BCUT2D eigenvalue weighted by Gasteiger charge is 2.16. The Labute approximate surface area is 121 Å². The second kappa shape index (κ2) is 6.84. The van der Waals surface area contributed by atoms with Gasteiger partial charge in [0.2, 0.25) is 5.91 Å². The molecule has 102 valence electrons. The Morgan fingerprint density at radius 1 is 1.26 bits per heavy atom. The molecule has 2 heterocycles. The lowest BCUT2D eigenvalue weighted by atomic mass is 10.2. The monoisotopic (exact) mass is 294 g/mol. The molecule has 0 aromatic carbocycles. The second-order valence-corrected chi connectivity index (χ2v) is 6.57. The molecule has 2 aromatic heterocycles. The molecule has 0 bridgehead atoms. The summed E-state index contributed by atoms with van der Waals surface area (Å²) in [5.41, 5.74) is 0. The van der Waals surface area contributed by atoms with Crippen molar-refractivity contribution in [1.29, 1.82) is 0 Å². The number of nitrogens with zero attached hydrogens (tertiary/aromatic N) is 1. The maximum absolute atomic E-state index is 11.9. The average Bonchev–Trinajstić information content (AvgIpc) is 3.01. The third-order valence-electron chi connectivity index (χ3n) is 2.90. The molecule has 1 N–H and O–H groups in total. The number of carbonyl (C=O) groups is 1. The van der Waals surface area contributed by atoms with Crippen molar-refractivity contribution in [3.63, 3.8) is 0 Å². The van der Waals surface area contributed by atoms with Gasteiger partial charge in [-0.05, 0) is 37.0 Å². The average molecular weight is 294 g/mol. The summed E-state index contributed by atoms with van der Waals surface area (Å²) in [5.74, 6) is 0.0888. The summed E-state index contributed by atoms with van der Waals surface area (Å²) >= 11 is 3.35. The van der Waals surface area contributed by atoms with Crippen molar-refractivity contribution in [3.8, 4) is 0 Å². The molecule has 3 nitrogen and oxygen atoms in total. The standard InChI is InChI=1S/C14H18N2OS2/c1-16(2)12(13-6-4-8-19-13)10-15-14(17)9-11-5-3-7-18-11/h3-8,12H,9-10H2,1-2H3,(H,15,17). The lowest BCUT2D eigenvalue weighted by molar-refractivity contribution is -0.120. The van der Waals surface area contributed by atoms with Gasteiger partial charge in [-0.15, -0.1) is 22.7 Å². The molecular formula is C14H18N2OS2. The van der Waals surface area contributed by atoms with Crippen LogP contribution in [0.2, 0.25) is 0 Å². The first-order valence-corrected chi connectivity index (χ1v) is 7.91. The van der Waals surface area contributed by atoms with Gasteiger partial charge < -0.3 is 10.2 Å². The van der Waals surface area contributed by atoms with Crippen molar-refractivity contribution >= 4 is 28.6 Å². The van der Waals surface area contributed by atoms with Crippen LogP contribution >= 0.6 is 22.7 Å². The number of rotatable bonds is 6. The Hall–Kier alpha value is -1.17. The molecule has 2 rings (SSSR count). The van der Waals surface area contributed by atoms with Crippen LogP contribution in [-0.4, -0.2) is 31.4 Å². The molecule has 0 aliphatic heterocycles. The zero-order chi connectivity index (χ0) is 13.7. The van der Waals surface area contributed by atoms with Gasteiger partial charge in [0.25, 0.3) is 0 Å². The summed E-state index contributed by atoms with van der Waals surface area (Å²) in [5, 5.41) is 7.09. The van der Waals surface area contributed by atoms with Crippen LogP contribution in [0.15, 0.2) is 35.0 Å². The molecule has 0 spiro atoms. The number of amides is 1. The molecule has 0 saturated heterocycles. The number of nitrogens with one attached hydrogen (secondary N) is 1. The molecule has 2 aromatic rings. The van der Waals surface area contributed by atoms with Crippen LogP contribution in [0, 0.1) is 0 Å². The fraction of sp³-hybridized carbons (Fsp3) is 0.357. The van der Waals surface area contributed by atoms with Gasteiger partial charge in [-0.2, -0.15) is 0 Å². The number of thiophene rings is 2. The van der Waals surface area contributed by atoms with E-state index in [0.29, 0.717) is 13.0 Å². The van der Waals surface area contributed by atoms with E-state index in [1.807, 2.05) is 37.7 Å². The van der Waals surface area contributed by atoms with Crippen LogP contribution in [0.3, 0.4) is 0 Å². The maximum atomic E-state index is 11.9. The molecule has 0 aliphatic carbocycles. The maximum Gasteiger partial charge on any atom is 0.225 e. The Morgan fingerprint density at radius 2 is 2.00 bits per heavy atom. The van der Waals surface area contributed by atoms with E-state index >= 15 is 0 Å². The molecule has 0 fully saturated rings. The van der Waals surface area contributed by atoms with Crippen molar-refractivity contribution in [2.75, 3.05) is 20.6 Å². The SMILES string of the molecule is CN(C)C(CNC(=O)Cc1cccs1)c1cccs1. The van der Waals surface area contributed by atoms with Gasteiger partial charge in [-0.1, -0.05) is 12.1 Å². The summed E-state index contributed by atoms with van der Waals surface area (Å²) in [6.07, 6.45) is 0.474. The Balaban J connectivity index is 1.87. The smallest absolute Gasteiger partial charge is 0.225 e. The third kappa shape index (κ3) is 4.16. The zero-order valence-electron chi connectivity index (χ0n) is 11.1. The molecule has 1 unspecified atom stereocenters. The van der Waals surface area contributed by atoms with Crippen LogP contribution in [0.5, 0.6) is 0 Å². The summed E-state index contributed by atoms with van der Waals surface area (Å²) in [6.45, 7) is 0.651. The fourth-order valence-electron chi connectivity index (χ4n) is 1.86. The Bertz CT molecular complexity index is 492. The van der Waals surface area contributed by atoms with Crippen LogP contribution in [0.4, 0.5) is 0 Å². The number of hydrogen-bond donors (Lipinski definition) is 1. The minimum atomic E-state index is 0.0888. The predicted molar refractivity (Wildman–Crippen MR) is 81.8 cm³/mol. The molecule has 1 atom stereocenters. The highest BCUT2D eigenvalue weighted by Crippen LogP contribution is 2.22. The van der Waals surface area contributed by atoms with Crippen molar-refractivity contribution < 1.29 is 4.79 Å². The first-order chi connectivity index (χ1) is 9.16. The van der Waals surface area contributed by atoms with E-state index < -0.39 is 0 Å². The van der Waals surface area contributed by atoms with E-state index in [-0.39, 0.29) is 11.9 Å². The van der Waals surface area contributed by atoms with Gasteiger partial charge >= 0.3 is 0 Å². The van der Waals surface area contributed by atoms with Crippen molar-refractivity contribution in [2.45, 2.75) is 12.5 Å². The normalized spacial score (nSPS) is 12.6. The Morgan fingerprint density at radius 3 is 2.58 bits per heavy atom. The number of hydrogen-bond acceptors (Lipinski definition) is 4. The van der Waals surface area contributed by atoms with Crippen molar-refractivity contribution in [2.24, 2.45) is 0 Å². The quantitative estimate of drug-likeness (QED) is 0.888. The van der Waals surface area contributed by atoms with Crippen LogP contribution in [-0.2, 0) is 11.2 Å². The molecule has 1 amide bonds. The van der Waals surface area contributed by atoms with E-state index in [4.69, 9.17) is 0 Å². The summed E-state index contributed by atoms with van der Waals surface area (Å²) in [4.78, 5) is 16.4. The number of carbonyl (C=O) groups excluding carboxylic acids is 1. The van der Waals surface area contributed by atoms with Crippen molar-refractivity contribution in [1.82, 2.24) is 10.2 Å². The molecule has 5 heteroatoms. The second-order valence-electron chi connectivity index (χ2n) is 4.56. The van der Waals surface area contributed by atoms with Gasteiger partial charge in [0.05, 0.1) is 12.5 Å². The van der Waals surface area contributed by atoms with Crippen LogP contribution < -0.4 is 5.32 Å². The van der Waals surface area contributed by atoms with Crippen LogP contribution in [0.25, 0.3) is 0 Å². The number of likely N-dealkylation sites (N-methyl/N-ethyl adjacent to an activating group) is 1. The van der Waals surface area contributed by atoms with Crippen molar-refractivity contribution in [3.05, 3.63) is 44.8 Å². The first kappa shape index (κ1) is 14.2. The molecule has 0 saturated carbocycles. The van der Waals surface area contributed by atoms with Gasteiger partial charge in [-0.3, -0.25) is 4.79 Å². The van der Waals surface area contributed by atoms with Gasteiger partial charge in [-0.25, -0.2) is 0 Å². The van der Waals surface area contributed by atoms with Gasteiger partial charge in [0.1, 0.15) is 0 Å². The third-order valence-corrected chi connectivity index (χ3v) is 4.75. The fourth-order valence-corrected chi connectivity index (χ4v) is 3.49. The lowest BCUT2D eigenvalue weighted by Crippen LogP contribution is -2.34. The van der Waals surface area contributed by atoms with E-state index in [1.165, 1.54) is 4.88 Å². The minimum Gasteiger partial charge on any atom is -0.354 e. The Kier molecular flexibility index (Phi) is 5.13. The highest BCUT2D eigenvalue weighted by molar-refractivity contribution is 7.10. The van der Waals surface area contributed by atoms with Gasteiger partial charge in [0.15, 0.2) is 0 Å². The predicted octanol–water partition coefficient (Wildman–Crippen LogP) is 2.77. The molecule has 19 heavy (non-hydrogen) atoms. The van der Waals surface area contributed by atoms with E-state index in [9.17, 15) is 4.79 Å². The van der Waals surface area contributed by atoms with Gasteiger partial charge in [0, 0.05) is 16.3 Å². The summed E-state index contributed by atoms with van der Waals surface area (Å²) in [6, 6.07) is 8.37. The summed E-state index contributed by atoms with van der Waals surface area (Å²) in [7, 11) is 4.08. The zero-order valence-corrected chi connectivity index (χ0v) is 12.8. The summed E-state index contributed by atoms with van der Waals surface area (Å²) < 4.78 is 0.